The minimum atomic E-state index is 0.0616. The lowest BCUT2D eigenvalue weighted by atomic mass is 9.92. The Kier molecular flexibility index (Phi) is 5.16. The van der Waals surface area contributed by atoms with Gasteiger partial charge in [0.1, 0.15) is 11.6 Å². The number of aromatic nitrogens is 2. The Hall–Kier alpha value is -0.390. The first kappa shape index (κ1) is 14.7. The van der Waals surface area contributed by atoms with Crippen molar-refractivity contribution >= 4 is 28.4 Å². The van der Waals surface area contributed by atoms with E-state index in [1.807, 2.05) is 0 Å². The highest BCUT2D eigenvalue weighted by Gasteiger charge is 2.22. The first-order valence-electron chi connectivity index (χ1n) is 6.20. The monoisotopic (exact) mass is 347 g/mol. The zero-order chi connectivity index (χ0) is 13.1. The van der Waals surface area contributed by atoms with Crippen LogP contribution in [0.25, 0.3) is 0 Å². The molecule has 1 rings (SSSR count). The van der Waals surface area contributed by atoms with Gasteiger partial charge in [-0.15, -0.1) is 0 Å². The highest BCUT2D eigenvalue weighted by molar-refractivity contribution is 14.1. The molecule has 4 heteroatoms. The molecule has 0 radical (unpaired) electrons. The lowest BCUT2D eigenvalue weighted by Gasteiger charge is -2.22. The van der Waals surface area contributed by atoms with Crippen LogP contribution in [0.4, 0.5) is 5.82 Å². The van der Waals surface area contributed by atoms with Crippen LogP contribution in [-0.4, -0.2) is 16.5 Å². The normalized spacial score (nSPS) is 11.6. The maximum atomic E-state index is 4.72. The fraction of sp³-hybridized carbons (Fsp3) is 0.692. The molecule has 1 N–H and O–H groups in total. The van der Waals surface area contributed by atoms with Crippen LogP contribution >= 0.6 is 22.6 Å². The largest absolute Gasteiger partial charge is 0.369 e. The summed E-state index contributed by atoms with van der Waals surface area (Å²) < 4.78 is 1.15. The molecular formula is C13H22IN3. The molecule has 0 aromatic carbocycles. The molecule has 0 aliphatic carbocycles. The molecule has 0 spiro atoms. The van der Waals surface area contributed by atoms with E-state index >= 15 is 0 Å². The number of aryl methyl sites for hydroxylation is 1. The van der Waals surface area contributed by atoms with Crippen LogP contribution in [0.2, 0.25) is 0 Å². The van der Waals surface area contributed by atoms with Gasteiger partial charge in [0.05, 0.1) is 9.26 Å². The van der Waals surface area contributed by atoms with Crippen molar-refractivity contribution in [2.45, 2.75) is 52.9 Å². The molecule has 0 fully saturated rings. The van der Waals surface area contributed by atoms with Gasteiger partial charge in [-0.1, -0.05) is 27.7 Å². The summed E-state index contributed by atoms with van der Waals surface area (Å²) in [4.78, 5) is 9.31. The average molecular weight is 347 g/mol. The van der Waals surface area contributed by atoms with Gasteiger partial charge in [-0.3, -0.25) is 0 Å². The Morgan fingerprint density at radius 3 is 2.29 bits per heavy atom. The Balaban J connectivity index is 3.27. The van der Waals surface area contributed by atoms with Crippen LogP contribution < -0.4 is 5.32 Å². The minimum absolute atomic E-state index is 0.0616. The molecule has 0 saturated carbocycles. The van der Waals surface area contributed by atoms with E-state index in [0.29, 0.717) is 0 Å². The third-order valence-corrected chi connectivity index (χ3v) is 3.45. The smallest absolute Gasteiger partial charge is 0.143 e. The predicted octanol–water partition coefficient (Wildman–Crippen LogP) is 3.76. The number of anilines is 1. The fourth-order valence-electron chi connectivity index (χ4n) is 1.61. The molecule has 1 heterocycles. The second-order valence-electron chi connectivity index (χ2n) is 5.18. The van der Waals surface area contributed by atoms with Gasteiger partial charge >= 0.3 is 0 Å². The van der Waals surface area contributed by atoms with E-state index in [4.69, 9.17) is 4.98 Å². The van der Waals surface area contributed by atoms with Crippen LogP contribution in [0.3, 0.4) is 0 Å². The van der Waals surface area contributed by atoms with Gasteiger partial charge in [0.2, 0.25) is 0 Å². The number of halogens is 1. The molecule has 3 nitrogen and oxygen atoms in total. The number of hydrogen-bond donors (Lipinski definition) is 1. The second-order valence-corrected chi connectivity index (χ2v) is 6.26. The summed E-state index contributed by atoms with van der Waals surface area (Å²) in [7, 11) is 0. The van der Waals surface area contributed by atoms with Gasteiger partial charge < -0.3 is 5.32 Å². The van der Waals surface area contributed by atoms with Gasteiger partial charge in [0, 0.05) is 18.4 Å². The van der Waals surface area contributed by atoms with Crippen molar-refractivity contribution in [3.05, 3.63) is 15.1 Å². The van der Waals surface area contributed by atoms with Crippen LogP contribution in [0, 0.1) is 3.57 Å². The van der Waals surface area contributed by atoms with Crippen LogP contribution in [0.1, 0.15) is 52.6 Å². The third-order valence-electron chi connectivity index (χ3n) is 2.43. The van der Waals surface area contributed by atoms with E-state index in [0.717, 1.165) is 40.3 Å². The average Bonchev–Trinajstić information content (AvgIpc) is 2.21. The zero-order valence-electron chi connectivity index (χ0n) is 11.4. The maximum absolute atomic E-state index is 4.72. The standard InChI is InChI=1S/C13H22IN3/c1-6-8-9-16-11(13(3,4)5)10(14)12(17-9)15-7-2/h6-8H2,1-5H3,(H,15,16,17). The molecule has 0 saturated heterocycles. The zero-order valence-corrected chi connectivity index (χ0v) is 13.6. The van der Waals surface area contributed by atoms with Crippen molar-refractivity contribution in [1.29, 1.82) is 0 Å². The molecule has 0 aliphatic heterocycles. The summed E-state index contributed by atoms with van der Waals surface area (Å²) in [5.74, 6) is 1.94. The molecule has 0 atom stereocenters. The molecule has 0 bridgehead atoms. The van der Waals surface area contributed by atoms with Gasteiger partial charge in [-0.2, -0.15) is 0 Å². The van der Waals surface area contributed by atoms with Gasteiger partial charge in [-0.05, 0) is 35.9 Å². The summed E-state index contributed by atoms with van der Waals surface area (Å²) in [6.07, 6.45) is 2.02. The van der Waals surface area contributed by atoms with E-state index in [2.05, 4.69) is 67.5 Å². The Morgan fingerprint density at radius 1 is 1.18 bits per heavy atom. The fourth-order valence-corrected chi connectivity index (χ4v) is 2.85. The molecule has 17 heavy (non-hydrogen) atoms. The van der Waals surface area contributed by atoms with Crippen molar-refractivity contribution in [1.82, 2.24) is 9.97 Å². The first-order valence-corrected chi connectivity index (χ1v) is 7.28. The van der Waals surface area contributed by atoms with Gasteiger partial charge in [0.25, 0.3) is 0 Å². The van der Waals surface area contributed by atoms with Crippen LogP contribution in [0.15, 0.2) is 0 Å². The van der Waals surface area contributed by atoms with E-state index in [1.54, 1.807) is 0 Å². The summed E-state index contributed by atoms with van der Waals surface area (Å²) in [5.41, 5.74) is 1.21. The number of nitrogens with zero attached hydrogens (tertiary/aromatic N) is 2. The molecular weight excluding hydrogens is 325 g/mol. The molecule has 0 aliphatic rings. The second kappa shape index (κ2) is 5.98. The molecule has 0 amide bonds. The summed E-state index contributed by atoms with van der Waals surface area (Å²) >= 11 is 2.35. The molecule has 1 aromatic heterocycles. The van der Waals surface area contributed by atoms with E-state index in [-0.39, 0.29) is 5.41 Å². The van der Waals surface area contributed by atoms with Gasteiger partial charge in [0.15, 0.2) is 0 Å². The minimum Gasteiger partial charge on any atom is -0.369 e. The molecule has 96 valence electrons. The highest BCUT2D eigenvalue weighted by atomic mass is 127. The summed E-state index contributed by atoms with van der Waals surface area (Å²) in [6, 6.07) is 0. The number of hydrogen-bond acceptors (Lipinski definition) is 3. The van der Waals surface area contributed by atoms with Crippen molar-refractivity contribution in [3.8, 4) is 0 Å². The molecule has 1 aromatic rings. The Labute approximate surface area is 118 Å². The van der Waals surface area contributed by atoms with Crippen molar-refractivity contribution in [2.75, 3.05) is 11.9 Å². The topological polar surface area (TPSA) is 37.8 Å². The molecule has 0 unspecified atom stereocenters. The van der Waals surface area contributed by atoms with Crippen molar-refractivity contribution in [2.24, 2.45) is 0 Å². The number of nitrogens with one attached hydrogen (secondary N) is 1. The quantitative estimate of drug-likeness (QED) is 0.843. The summed E-state index contributed by atoms with van der Waals surface area (Å²) in [6.45, 7) is 11.7. The van der Waals surface area contributed by atoms with Crippen LogP contribution in [0.5, 0.6) is 0 Å². The van der Waals surface area contributed by atoms with E-state index < -0.39 is 0 Å². The van der Waals surface area contributed by atoms with Crippen molar-refractivity contribution in [3.63, 3.8) is 0 Å². The Bertz CT molecular complexity index is 383. The highest BCUT2D eigenvalue weighted by Crippen LogP contribution is 2.29. The van der Waals surface area contributed by atoms with Crippen LogP contribution in [-0.2, 0) is 11.8 Å². The van der Waals surface area contributed by atoms with E-state index in [9.17, 15) is 0 Å². The lowest BCUT2D eigenvalue weighted by molar-refractivity contribution is 0.557. The maximum Gasteiger partial charge on any atom is 0.143 e. The third kappa shape index (κ3) is 3.79. The Morgan fingerprint density at radius 2 is 1.82 bits per heavy atom. The SMILES string of the molecule is CCCc1nc(NCC)c(I)c(C(C)(C)C)n1. The first-order chi connectivity index (χ1) is 7.90. The van der Waals surface area contributed by atoms with Gasteiger partial charge in [-0.25, -0.2) is 9.97 Å². The van der Waals surface area contributed by atoms with Crippen molar-refractivity contribution < 1.29 is 0 Å². The summed E-state index contributed by atoms with van der Waals surface area (Å²) in [5, 5.41) is 3.33. The predicted molar refractivity (Wildman–Crippen MR) is 81.6 cm³/mol. The lowest BCUT2D eigenvalue weighted by Crippen LogP contribution is -2.20. The van der Waals surface area contributed by atoms with E-state index in [1.165, 1.54) is 0 Å². The number of rotatable bonds is 4.